The summed E-state index contributed by atoms with van der Waals surface area (Å²) < 4.78 is 5.77. The van der Waals surface area contributed by atoms with E-state index >= 15 is 0 Å². The second-order valence-corrected chi connectivity index (χ2v) is 6.90. The van der Waals surface area contributed by atoms with E-state index < -0.39 is 0 Å². The number of nitrogens with two attached hydrogens (primary N) is 1. The lowest BCUT2D eigenvalue weighted by Gasteiger charge is -2.43. The minimum absolute atomic E-state index is 0.206. The summed E-state index contributed by atoms with van der Waals surface area (Å²) in [5.41, 5.74) is 8.41. The highest BCUT2D eigenvalue weighted by Gasteiger charge is 2.39. The molecule has 2 nitrogen and oxygen atoms in total. The molecule has 0 bridgehead atoms. The predicted molar refractivity (Wildman–Crippen MR) is 87.4 cm³/mol. The molecule has 1 aromatic rings. The van der Waals surface area contributed by atoms with Gasteiger partial charge in [0.25, 0.3) is 0 Å². The molecule has 2 unspecified atom stereocenters. The van der Waals surface area contributed by atoms with Gasteiger partial charge in [-0.05, 0) is 44.1 Å². The Morgan fingerprint density at radius 2 is 1.86 bits per heavy atom. The topological polar surface area (TPSA) is 35.2 Å². The van der Waals surface area contributed by atoms with Gasteiger partial charge in [0.15, 0.2) is 0 Å². The van der Waals surface area contributed by atoms with Gasteiger partial charge in [-0.3, -0.25) is 0 Å². The Balaban J connectivity index is 1.71. The smallest absolute Gasteiger partial charge is 0.0576 e. The first-order valence-electron chi connectivity index (χ1n) is 8.74. The lowest BCUT2D eigenvalue weighted by atomic mass is 9.64. The molecule has 2 atom stereocenters. The van der Waals surface area contributed by atoms with Crippen LogP contribution in [0.15, 0.2) is 30.3 Å². The van der Waals surface area contributed by atoms with Crippen LogP contribution in [-0.4, -0.2) is 18.8 Å². The second-order valence-electron chi connectivity index (χ2n) is 6.90. The summed E-state index contributed by atoms with van der Waals surface area (Å²) in [4.78, 5) is 0. The fourth-order valence-electron chi connectivity index (χ4n) is 4.34. The maximum absolute atomic E-state index is 6.74. The highest BCUT2D eigenvalue weighted by molar-refractivity contribution is 5.28. The zero-order valence-corrected chi connectivity index (χ0v) is 13.1. The molecule has 0 amide bonds. The van der Waals surface area contributed by atoms with Crippen molar-refractivity contribution in [2.75, 3.05) is 6.61 Å². The van der Waals surface area contributed by atoms with Crippen LogP contribution in [0.25, 0.3) is 0 Å². The van der Waals surface area contributed by atoms with Gasteiger partial charge in [-0.25, -0.2) is 0 Å². The third-order valence-electron chi connectivity index (χ3n) is 5.63. The van der Waals surface area contributed by atoms with E-state index in [9.17, 15) is 0 Å². The predicted octanol–water partition coefficient (Wildman–Crippen LogP) is 4.18. The van der Waals surface area contributed by atoms with Crippen LogP contribution in [0.2, 0.25) is 0 Å². The van der Waals surface area contributed by atoms with E-state index in [1.54, 1.807) is 0 Å². The Hall–Kier alpha value is -0.860. The van der Waals surface area contributed by atoms with Gasteiger partial charge < -0.3 is 10.5 Å². The fraction of sp³-hybridized carbons (Fsp3) is 0.684. The molecular formula is C19H29NO. The summed E-state index contributed by atoms with van der Waals surface area (Å²) in [5.74, 6) is 0. The van der Waals surface area contributed by atoms with Crippen molar-refractivity contribution in [3.63, 3.8) is 0 Å². The fourth-order valence-corrected chi connectivity index (χ4v) is 4.34. The molecule has 2 fully saturated rings. The molecule has 2 N–H and O–H groups in total. The van der Waals surface area contributed by atoms with Gasteiger partial charge in [0.2, 0.25) is 0 Å². The summed E-state index contributed by atoms with van der Waals surface area (Å²) in [5, 5.41) is 0. The SMILES string of the molecule is NC(CCC1CCCO1)C1(c2ccccc2)CCCCC1. The molecule has 2 heteroatoms. The Labute approximate surface area is 129 Å². The molecule has 2 aliphatic rings. The molecule has 0 spiro atoms. The standard InChI is InChI=1S/C19H29NO/c20-18(12-11-17-10-7-15-21-17)19(13-5-2-6-14-19)16-8-3-1-4-9-16/h1,3-4,8-9,17-18H,2,5-7,10-15,20H2. The van der Waals surface area contributed by atoms with Crippen molar-refractivity contribution >= 4 is 0 Å². The van der Waals surface area contributed by atoms with E-state index in [1.165, 1.54) is 50.5 Å². The zero-order chi connectivity index (χ0) is 14.5. The van der Waals surface area contributed by atoms with E-state index in [-0.39, 0.29) is 11.5 Å². The molecule has 1 aliphatic carbocycles. The molecule has 1 saturated heterocycles. The van der Waals surface area contributed by atoms with Crippen LogP contribution in [0.5, 0.6) is 0 Å². The van der Waals surface area contributed by atoms with Crippen LogP contribution in [0.4, 0.5) is 0 Å². The molecule has 116 valence electrons. The minimum Gasteiger partial charge on any atom is -0.378 e. The summed E-state index contributed by atoms with van der Waals surface area (Å²) in [7, 11) is 0. The number of benzene rings is 1. The van der Waals surface area contributed by atoms with E-state index in [1.807, 2.05) is 0 Å². The van der Waals surface area contributed by atoms with E-state index in [0.717, 1.165) is 19.4 Å². The number of hydrogen-bond acceptors (Lipinski definition) is 2. The third kappa shape index (κ3) is 3.32. The Morgan fingerprint density at radius 1 is 1.10 bits per heavy atom. The van der Waals surface area contributed by atoms with E-state index in [4.69, 9.17) is 10.5 Å². The van der Waals surface area contributed by atoms with Gasteiger partial charge in [0.05, 0.1) is 6.10 Å². The maximum atomic E-state index is 6.74. The van der Waals surface area contributed by atoms with Gasteiger partial charge in [0.1, 0.15) is 0 Å². The van der Waals surface area contributed by atoms with Crippen LogP contribution in [0.1, 0.15) is 63.4 Å². The largest absolute Gasteiger partial charge is 0.378 e. The quantitative estimate of drug-likeness (QED) is 0.882. The van der Waals surface area contributed by atoms with Crippen molar-refractivity contribution < 1.29 is 4.74 Å². The van der Waals surface area contributed by atoms with Crippen LogP contribution >= 0.6 is 0 Å². The first-order chi connectivity index (χ1) is 10.3. The summed E-state index contributed by atoms with van der Waals surface area (Å²) in [6, 6.07) is 11.3. The van der Waals surface area contributed by atoms with Crippen molar-refractivity contribution in [1.82, 2.24) is 0 Å². The van der Waals surface area contributed by atoms with Gasteiger partial charge in [-0.2, -0.15) is 0 Å². The number of ether oxygens (including phenoxy) is 1. The van der Waals surface area contributed by atoms with Gasteiger partial charge in [-0.1, -0.05) is 49.6 Å². The molecule has 1 saturated carbocycles. The summed E-state index contributed by atoms with van der Waals surface area (Å²) in [6.45, 7) is 0.948. The van der Waals surface area contributed by atoms with Crippen LogP contribution in [0, 0.1) is 0 Å². The normalized spacial score (nSPS) is 26.6. The Morgan fingerprint density at radius 3 is 2.52 bits per heavy atom. The van der Waals surface area contributed by atoms with Crippen molar-refractivity contribution in [2.24, 2.45) is 5.73 Å². The molecule has 0 aromatic heterocycles. The third-order valence-corrected chi connectivity index (χ3v) is 5.63. The molecule has 0 radical (unpaired) electrons. The Bertz CT molecular complexity index is 418. The first kappa shape index (κ1) is 15.1. The molecule has 21 heavy (non-hydrogen) atoms. The average Bonchev–Trinajstić information content (AvgIpc) is 3.07. The van der Waals surface area contributed by atoms with Crippen molar-refractivity contribution in [3.05, 3.63) is 35.9 Å². The molecule has 1 aliphatic heterocycles. The van der Waals surface area contributed by atoms with Crippen molar-refractivity contribution in [3.8, 4) is 0 Å². The van der Waals surface area contributed by atoms with Crippen LogP contribution < -0.4 is 5.73 Å². The van der Waals surface area contributed by atoms with Gasteiger partial charge >= 0.3 is 0 Å². The average molecular weight is 287 g/mol. The van der Waals surface area contributed by atoms with E-state index in [2.05, 4.69) is 30.3 Å². The van der Waals surface area contributed by atoms with Crippen molar-refractivity contribution in [2.45, 2.75) is 75.3 Å². The summed E-state index contributed by atoms with van der Waals surface area (Å²) in [6.07, 6.45) is 11.7. The molecular weight excluding hydrogens is 258 g/mol. The maximum Gasteiger partial charge on any atom is 0.0576 e. The lowest BCUT2D eigenvalue weighted by Crippen LogP contribution is -2.47. The van der Waals surface area contributed by atoms with Crippen LogP contribution in [-0.2, 0) is 10.2 Å². The number of hydrogen-bond donors (Lipinski definition) is 1. The highest BCUT2D eigenvalue weighted by Crippen LogP contribution is 2.43. The van der Waals surface area contributed by atoms with Crippen LogP contribution in [0.3, 0.4) is 0 Å². The first-order valence-corrected chi connectivity index (χ1v) is 8.74. The van der Waals surface area contributed by atoms with Gasteiger partial charge in [0, 0.05) is 18.1 Å². The minimum atomic E-state index is 0.206. The Kier molecular flexibility index (Phi) is 4.97. The molecule has 1 heterocycles. The summed E-state index contributed by atoms with van der Waals surface area (Å²) >= 11 is 0. The lowest BCUT2D eigenvalue weighted by molar-refractivity contribution is 0.0955. The molecule has 3 rings (SSSR count). The van der Waals surface area contributed by atoms with E-state index in [0.29, 0.717) is 6.10 Å². The zero-order valence-electron chi connectivity index (χ0n) is 13.1. The van der Waals surface area contributed by atoms with Crippen molar-refractivity contribution in [1.29, 1.82) is 0 Å². The highest BCUT2D eigenvalue weighted by atomic mass is 16.5. The number of rotatable bonds is 5. The monoisotopic (exact) mass is 287 g/mol. The second kappa shape index (κ2) is 6.93. The van der Waals surface area contributed by atoms with Gasteiger partial charge in [-0.15, -0.1) is 0 Å². The molecule has 1 aromatic carbocycles.